The third kappa shape index (κ3) is 2.69. The van der Waals surface area contributed by atoms with Gasteiger partial charge in [-0.25, -0.2) is 4.79 Å². The largest absolute Gasteiger partial charge is 0.478 e. The number of aromatic nitrogens is 1. The van der Waals surface area contributed by atoms with Crippen molar-refractivity contribution in [1.82, 2.24) is 10.3 Å². The highest BCUT2D eigenvalue weighted by molar-refractivity contribution is 5.90. The van der Waals surface area contributed by atoms with Gasteiger partial charge in [0, 0.05) is 18.3 Å². The second kappa shape index (κ2) is 5.63. The standard InChI is InChI=1S/C17H14N2O2/c20-17(21)13-8-9-15(19-11-13)16-14(7-4-10-18-16)12-5-2-1-3-6-12/h1-10,19H,11H2,(H,20,21). The van der Waals surface area contributed by atoms with Gasteiger partial charge in [0.2, 0.25) is 0 Å². The Bertz CT molecular complexity index is 733. The number of carboxylic acids is 1. The van der Waals surface area contributed by atoms with Gasteiger partial charge in [-0.1, -0.05) is 36.4 Å². The van der Waals surface area contributed by atoms with Gasteiger partial charge >= 0.3 is 5.97 Å². The molecule has 4 heteroatoms. The molecule has 4 nitrogen and oxygen atoms in total. The molecule has 0 spiro atoms. The Labute approximate surface area is 122 Å². The second-order valence-corrected chi connectivity index (χ2v) is 4.70. The third-order valence-corrected chi connectivity index (χ3v) is 3.34. The number of pyridine rings is 1. The first-order valence-corrected chi connectivity index (χ1v) is 6.64. The summed E-state index contributed by atoms with van der Waals surface area (Å²) < 4.78 is 0. The number of aliphatic carboxylic acids is 1. The zero-order chi connectivity index (χ0) is 14.7. The lowest BCUT2D eigenvalue weighted by Gasteiger charge is -2.17. The van der Waals surface area contributed by atoms with Crippen molar-refractivity contribution >= 4 is 11.7 Å². The Morgan fingerprint density at radius 2 is 1.90 bits per heavy atom. The summed E-state index contributed by atoms with van der Waals surface area (Å²) in [5, 5.41) is 12.1. The zero-order valence-corrected chi connectivity index (χ0v) is 11.3. The van der Waals surface area contributed by atoms with Gasteiger partial charge in [0.15, 0.2) is 0 Å². The lowest BCUT2D eigenvalue weighted by molar-refractivity contribution is -0.132. The molecule has 2 N–H and O–H groups in total. The van der Waals surface area contributed by atoms with Crippen molar-refractivity contribution in [2.24, 2.45) is 0 Å². The smallest absolute Gasteiger partial charge is 0.333 e. The number of benzene rings is 1. The summed E-state index contributed by atoms with van der Waals surface area (Å²) >= 11 is 0. The Kier molecular flexibility index (Phi) is 3.51. The number of hydrogen-bond donors (Lipinski definition) is 2. The predicted octanol–water partition coefficient (Wildman–Crippen LogP) is 2.70. The number of hydrogen-bond acceptors (Lipinski definition) is 3. The summed E-state index contributed by atoms with van der Waals surface area (Å²) in [6, 6.07) is 13.9. The average molecular weight is 278 g/mol. The van der Waals surface area contributed by atoms with E-state index in [1.54, 1.807) is 18.3 Å². The van der Waals surface area contributed by atoms with Gasteiger partial charge in [0.05, 0.1) is 17.0 Å². The molecule has 0 aliphatic carbocycles. The normalized spacial score (nSPS) is 13.9. The average Bonchev–Trinajstić information content (AvgIpc) is 2.56. The lowest BCUT2D eigenvalue weighted by Crippen LogP contribution is -2.23. The maximum atomic E-state index is 10.9. The Hall–Kier alpha value is -2.88. The van der Waals surface area contributed by atoms with Gasteiger partial charge in [-0.2, -0.15) is 0 Å². The Morgan fingerprint density at radius 3 is 2.57 bits per heavy atom. The predicted molar refractivity (Wildman–Crippen MR) is 81.4 cm³/mol. The molecule has 1 aromatic heterocycles. The number of carbonyl (C=O) groups is 1. The molecule has 0 radical (unpaired) electrons. The van der Waals surface area contributed by atoms with Gasteiger partial charge in [-0.3, -0.25) is 4.98 Å². The first kappa shape index (κ1) is 13.1. The fraction of sp³-hybridized carbons (Fsp3) is 0.0588. The Morgan fingerprint density at radius 1 is 1.10 bits per heavy atom. The molecule has 3 rings (SSSR count). The van der Waals surface area contributed by atoms with Crippen molar-refractivity contribution in [1.29, 1.82) is 0 Å². The molecule has 1 aromatic carbocycles. The molecule has 0 fully saturated rings. The van der Waals surface area contributed by atoms with Crippen molar-refractivity contribution in [3.63, 3.8) is 0 Å². The first-order chi connectivity index (χ1) is 10.3. The molecular formula is C17H14N2O2. The molecule has 21 heavy (non-hydrogen) atoms. The second-order valence-electron chi connectivity index (χ2n) is 4.70. The molecule has 0 unspecified atom stereocenters. The topological polar surface area (TPSA) is 62.2 Å². The van der Waals surface area contributed by atoms with Gasteiger partial charge in [0.1, 0.15) is 0 Å². The molecule has 104 valence electrons. The summed E-state index contributed by atoms with van der Waals surface area (Å²) in [6.07, 6.45) is 5.13. The minimum absolute atomic E-state index is 0.298. The van der Waals surface area contributed by atoms with Crippen LogP contribution in [-0.2, 0) is 4.79 Å². The van der Waals surface area contributed by atoms with E-state index >= 15 is 0 Å². The highest BCUT2D eigenvalue weighted by atomic mass is 16.4. The van der Waals surface area contributed by atoms with Gasteiger partial charge in [-0.15, -0.1) is 0 Å². The summed E-state index contributed by atoms with van der Waals surface area (Å²) in [4.78, 5) is 15.4. The molecule has 0 amide bonds. The minimum Gasteiger partial charge on any atom is -0.478 e. The highest BCUT2D eigenvalue weighted by Crippen LogP contribution is 2.27. The maximum Gasteiger partial charge on any atom is 0.333 e. The number of nitrogens with zero attached hydrogens (tertiary/aromatic N) is 1. The molecule has 1 aliphatic heterocycles. The summed E-state index contributed by atoms with van der Waals surface area (Å²) in [5.74, 6) is -0.901. The Balaban J connectivity index is 2.03. The lowest BCUT2D eigenvalue weighted by atomic mass is 10.0. The van der Waals surface area contributed by atoms with Crippen LogP contribution in [0.4, 0.5) is 0 Å². The van der Waals surface area contributed by atoms with Gasteiger partial charge in [0.25, 0.3) is 0 Å². The van der Waals surface area contributed by atoms with Crippen LogP contribution in [0.2, 0.25) is 0 Å². The van der Waals surface area contributed by atoms with Crippen molar-refractivity contribution in [3.8, 4) is 11.1 Å². The molecule has 0 saturated carbocycles. The van der Waals surface area contributed by atoms with Crippen molar-refractivity contribution < 1.29 is 9.90 Å². The fourth-order valence-corrected chi connectivity index (χ4v) is 2.27. The molecule has 0 bridgehead atoms. The van der Waals surface area contributed by atoms with Gasteiger partial charge in [-0.05, 0) is 23.8 Å². The van der Waals surface area contributed by atoms with E-state index in [0.717, 1.165) is 22.5 Å². The third-order valence-electron chi connectivity index (χ3n) is 3.34. The summed E-state index contributed by atoms with van der Waals surface area (Å²) in [6.45, 7) is 0.298. The monoisotopic (exact) mass is 278 g/mol. The van der Waals surface area contributed by atoms with Crippen LogP contribution in [0.25, 0.3) is 16.8 Å². The van der Waals surface area contributed by atoms with Crippen molar-refractivity contribution in [3.05, 3.63) is 72.1 Å². The van der Waals surface area contributed by atoms with E-state index in [4.69, 9.17) is 5.11 Å². The van der Waals surface area contributed by atoms with Crippen LogP contribution in [-0.4, -0.2) is 22.6 Å². The first-order valence-electron chi connectivity index (χ1n) is 6.64. The zero-order valence-electron chi connectivity index (χ0n) is 11.3. The number of carboxylic acid groups (broad SMARTS) is 1. The minimum atomic E-state index is -0.901. The summed E-state index contributed by atoms with van der Waals surface area (Å²) in [7, 11) is 0. The molecule has 0 saturated heterocycles. The van der Waals surface area contributed by atoms with Crippen LogP contribution in [0.15, 0.2) is 66.4 Å². The molecule has 2 heterocycles. The van der Waals surface area contributed by atoms with Gasteiger partial charge < -0.3 is 10.4 Å². The van der Waals surface area contributed by atoms with Crippen molar-refractivity contribution in [2.75, 3.05) is 6.54 Å². The number of rotatable bonds is 3. The molecular weight excluding hydrogens is 264 g/mol. The fourth-order valence-electron chi connectivity index (χ4n) is 2.27. The van der Waals surface area contributed by atoms with Crippen LogP contribution >= 0.6 is 0 Å². The van der Waals surface area contributed by atoms with Crippen LogP contribution < -0.4 is 5.32 Å². The summed E-state index contributed by atoms with van der Waals surface area (Å²) in [5.41, 5.74) is 4.10. The van der Waals surface area contributed by atoms with E-state index in [9.17, 15) is 4.79 Å². The number of dihydropyridines is 1. The van der Waals surface area contributed by atoms with Crippen LogP contribution in [0.3, 0.4) is 0 Å². The highest BCUT2D eigenvalue weighted by Gasteiger charge is 2.15. The van der Waals surface area contributed by atoms with Crippen LogP contribution in [0, 0.1) is 0 Å². The molecule has 1 aliphatic rings. The van der Waals surface area contributed by atoms with E-state index in [1.807, 2.05) is 42.5 Å². The molecule has 2 aromatic rings. The number of nitrogens with one attached hydrogen (secondary N) is 1. The quantitative estimate of drug-likeness (QED) is 0.906. The SMILES string of the molecule is O=C(O)C1=CC=C(c2ncccc2-c2ccccc2)NC1. The maximum absolute atomic E-state index is 10.9. The van der Waals surface area contributed by atoms with E-state index in [1.165, 1.54) is 0 Å². The van der Waals surface area contributed by atoms with Crippen LogP contribution in [0.1, 0.15) is 5.69 Å². The van der Waals surface area contributed by atoms with Crippen molar-refractivity contribution in [2.45, 2.75) is 0 Å². The van der Waals surface area contributed by atoms with Crippen LogP contribution in [0.5, 0.6) is 0 Å². The molecule has 0 atom stereocenters. The van der Waals surface area contributed by atoms with E-state index in [2.05, 4.69) is 10.3 Å². The van der Waals surface area contributed by atoms with E-state index in [-0.39, 0.29) is 0 Å². The van der Waals surface area contributed by atoms with E-state index in [0.29, 0.717) is 12.1 Å². The van der Waals surface area contributed by atoms with E-state index < -0.39 is 5.97 Å². The number of allylic oxidation sites excluding steroid dienone is 2.